The molecule has 0 unspecified atom stereocenters. The van der Waals surface area contributed by atoms with Crippen molar-refractivity contribution in [1.29, 1.82) is 0 Å². The van der Waals surface area contributed by atoms with E-state index in [0.29, 0.717) is 18.2 Å². The van der Waals surface area contributed by atoms with Crippen LogP contribution in [0.2, 0.25) is 0 Å². The number of nitrogens with one attached hydrogen (secondary N) is 1. The molecule has 0 aliphatic rings. The van der Waals surface area contributed by atoms with Gasteiger partial charge < -0.3 is 9.47 Å². The lowest BCUT2D eigenvalue weighted by atomic mass is 9.98. The number of aromatic amines is 1. The summed E-state index contributed by atoms with van der Waals surface area (Å²) in [6.07, 6.45) is 0.793. The van der Waals surface area contributed by atoms with Crippen LogP contribution in [0.5, 0.6) is 11.5 Å². The number of benzene rings is 3. The molecular weight excluding hydrogens is 481 g/mol. The molecule has 0 amide bonds. The number of alkyl halides is 1. The number of halogens is 2. The van der Waals surface area contributed by atoms with Crippen molar-refractivity contribution >= 4 is 23.3 Å². The van der Waals surface area contributed by atoms with Crippen molar-refractivity contribution in [3.05, 3.63) is 84.1 Å². The minimum Gasteiger partial charge on any atom is -0.491 e. The first-order valence-electron chi connectivity index (χ1n) is 11.4. The molecule has 36 heavy (non-hydrogen) atoms. The number of rotatable bonds is 9. The standard InChI is InChI=1S/C27H24FN5O2.ClH/c1-2-20-15-26(24-16-21(34-14-13-28)11-12-25(24)29-20)35-17-18-7-9-19(10-8-18)22-5-3-4-6-23(22)27-30-32-33-31-27;/h3-12,15-16H,2,13-14,17H2,1H3,(H,30,31,32,33);1H. The molecule has 3 aromatic carbocycles. The lowest BCUT2D eigenvalue weighted by Gasteiger charge is -2.13. The smallest absolute Gasteiger partial charge is 0.205 e. The molecule has 5 aromatic rings. The molecule has 0 aliphatic carbocycles. The average molecular weight is 506 g/mol. The van der Waals surface area contributed by atoms with Crippen molar-refractivity contribution in [2.45, 2.75) is 20.0 Å². The van der Waals surface area contributed by atoms with Gasteiger partial charge in [0.1, 0.15) is 31.4 Å². The molecule has 0 spiro atoms. The van der Waals surface area contributed by atoms with Gasteiger partial charge in [-0.3, -0.25) is 4.98 Å². The van der Waals surface area contributed by atoms with Gasteiger partial charge in [0.15, 0.2) is 0 Å². The third kappa shape index (κ3) is 5.44. The molecule has 7 nitrogen and oxygen atoms in total. The Morgan fingerprint density at radius 1 is 0.917 bits per heavy atom. The Kier molecular flexibility index (Phi) is 8.07. The molecule has 5 rings (SSSR count). The zero-order valence-electron chi connectivity index (χ0n) is 19.6. The molecule has 2 heterocycles. The number of hydrogen-bond acceptors (Lipinski definition) is 6. The number of nitrogens with zero attached hydrogens (tertiary/aromatic N) is 4. The van der Waals surface area contributed by atoms with Crippen molar-refractivity contribution in [1.82, 2.24) is 25.6 Å². The molecule has 9 heteroatoms. The molecule has 0 aliphatic heterocycles. The summed E-state index contributed by atoms with van der Waals surface area (Å²) < 4.78 is 24.2. The summed E-state index contributed by atoms with van der Waals surface area (Å²) in [7, 11) is 0. The molecule has 0 saturated carbocycles. The Morgan fingerprint density at radius 2 is 1.72 bits per heavy atom. The largest absolute Gasteiger partial charge is 0.491 e. The number of H-pyrrole nitrogens is 1. The Hall–Kier alpha value is -4.04. The lowest BCUT2D eigenvalue weighted by Crippen LogP contribution is -2.01. The molecule has 0 fully saturated rings. The first-order chi connectivity index (χ1) is 17.2. The maximum Gasteiger partial charge on any atom is 0.205 e. The number of aromatic nitrogens is 5. The molecule has 184 valence electrons. The highest BCUT2D eigenvalue weighted by Gasteiger charge is 2.12. The van der Waals surface area contributed by atoms with Gasteiger partial charge in [0.25, 0.3) is 0 Å². The average Bonchev–Trinajstić information content (AvgIpc) is 3.45. The zero-order valence-corrected chi connectivity index (χ0v) is 20.5. The van der Waals surface area contributed by atoms with Crippen molar-refractivity contribution < 1.29 is 13.9 Å². The number of tetrazole rings is 1. The summed E-state index contributed by atoms with van der Waals surface area (Å²) in [5, 5.41) is 15.2. The van der Waals surface area contributed by atoms with Gasteiger partial charge in [-0.05, 0) is 46.5 Å². The van der Waals surface area contributed by atoms with Gasteiger partial charge in [0, 0.05) is 22.7 Å². The van der Waals surface area contributed by atoms with Gasteiger partial charge >= 0.3 is 0 Å². The normalized spacial score (nSPS) is 10.7. The zero-order chi connectivity index (χ0) is 24.0. The van der Waals surface area contributed by atoms with Crippen LogP contribution in [0.1, 0.15) is 18.2 Å². The maximum absolute atomic E-state index is 12.5. The minimum absolute atomic E-state index is 0. The predicted octanol–water partition coefficient (Wildman–Crippen LogP) is 5.99. The molecule has 0 bridgehead atoms. The van der Waals surface area contributed by atoms with E-state index in [4.69, 9.17) is 9.47 Å². The SMILES string of the molecule is CCc1cc(OCc2ccc(-c3ccccc3-c3nn[nH]n3)cc2)c2cc(OCCF)ccc2n1.Cl. The Balaban J connectivity index is 0.00000304. The highest BCUT2D eigenvalue weighted by Crippen LogP contribution is 2.32. The molecule has 1 N–H and O–H groups in total. The van der Waals surface area contributed by atoms with Crippen LogP contribution in [-0.2, 0) is 13.0 Å². The van der Waals surface area contributed by atoms with Crippen LogP contribution in [0, 0.1) is 0 Å². The van der Waals surface area contributed by atoms with Crippen LogP contribution in [0.25, 0.3) is 33.4 Å². The fourth-order valence-corrected chi connectivity index (χ4v) is 3.92. The van der Waals surface area contributed by atoms with Crippen LogP contribution >= 0.6 is 12.4 Å². The van der Waals surface area contributed by atoms with E-state index in [0.717, 1.165) is 51.0 Å². The minimum atomic E-state index is -0.538. The van der Waals surface area contributed by atoms with Crippen molar-refractivity contribution in [2.75, 3.05) is 13.3 Å². The highest BCUT2D eigenvalue weighted by molar-refractivity contribution is 5.87. The van der Waals surface area contributed by atoms with E-state index in [1.54, 1.807) is 6.07 Å². The topological polar surface area (TPSA) is 85.8 Å². The van der Waals surface area contributed by atoms with Gasteiger partial charge in [-0.1, -0.05) is 55.5 Å². The number of aryl methyl sites for hydroxylation is 1. The summed E-state index contributed by atoms with van der Waals surface area (Å²) in [5.41, 5.74) is 5.77. The van der Waals surface area contributed by atoms with Crippen LogP contribution in [-0.4, -0.2) is 38.9 Å². The van der Waals surface area contributed by atoms with E-state index < -0.39 is 6.67 Å². The fraction of sp³-hybridized carbons (Fsp3) is 0.185. The third-order valence-electron chi connectivity index (χ3n) is 5.68. The summed E-state index contributed by atoms with van der Waals surface area (Å²) >= 11 is 0. The lowest BCUT2D eigenvalue weighted by molar-refractivity contribution is 0.273. The van der Waals surface area contributed by atoms with Crippen LogP contribution in [0.3, 0.4) is 0 Å². The number of fused-ring (bicyclic) bond motifs is 1. The van der Waals surface area contributed by atoms with E-state index in [1.807, 2.05) is 54.6 Å². The number of hydrogen-bond donors (Lipinski definition) is 1. The van der Waals surface area contributed by atoms with E-state index in [-0.39, 0.29) is 19.0 Å². The number of pyridine rings is 1. The second-order valence-electron chi connectivity index (χ2n) is 7.95. The van der Waals surface area contributed by atoms with Crippen molar-refractivity contribution in [3.8, 4) is 34.0 Å². The van der Waals surface area contributed by atoms with E-state index >= 15 is 0 Å². The second kappa shape index (κ2) is 11.6. The van der Waals surface area contributed by atoms with Gasteiger partial charge in [-0.25, -0.2) is 4.39 Å². The van der Waals surface area contributed by atoms with Gasteiger partial charge in [-0.15, -0.1) is 22.6 Å². The maximum atomic E-state index is 12.5. The Morgan fingerprint density at radius 3 is 2.44 bits per heavy atom. The monoisotopic (exact) mass is 505 g/mol. The first-order valence-corrected chi connectivity index (χ1v) is 11.4. The summed E-state index contributed by atoms with van der Waals surface area (Å²) in [6.45, 7) is 1.93. The second-order valence-corrected chi connectivity index (χ2v) is 7.95. The van der Waals surface area contributed by atoms with Gasteiger partial charge in [0.2, 0.25) is 5.82 Å². The van der Waals surface area contributed by atoms with E-state index in [1.165, 1.54) is 0 Å². The van der Waals surface area contributed by atoms with Crippen LogP contribution in [0.15, 0.2) is 72.8 Å². The molecule has 0 atom stereocenters. The summed E-state index contributed by atoms with van der Waals surface area (Å²) in [6, 6.07) is 23.6. The highest BCUT2D eigenvalue weighted by atomic mass is 35.5. The molecule has 0 saturated heterocycles. The predicted molar refractivity (Wildman–Crippen MR) is 139 cm³/mol. The quantitative estimate of drug-likeness (QED) is 0.265. The van der Waals surface area contributed by atoms with E-state index in [2.05, 4.69) is 44.7 Å². The summed E-state index contributed by atoms with van der Waals surface area (Å²) in [5.74, 6) is 1.87. The molecular formula is C27H25ClFN5O2. The molecule has 0 radical (unpaired) electrons. The van der Waals surface area contributed by atoms with Crippen LogP contribution < -0.4 is 9.47 Å². The Labute approximate surface area is 214 Å². The first kappa shape index (κ1) is 25.1. The third-order valence-corrected chi connectivity index (χ3v) is 5.68. The van der Waals surface area contributed by atoms with E-state index in [9.17, 15) is 4.39 Å². The fourth-order valence-electron chi connectivity index (χ4n) is 3.92. The van der Waals surface area contributed by atoms with Crippen molar-refractivity contribution in [3.63, 3.8) is 0 Å². The Bertz CT molecular complexity index is 1430. The van der Waals surface area contributed by atoms with Crippen LogP contribution in [0.4, 0.5) is 4.39 Å². The molecule has 2 aromatic heterocycles. The van der Waals surface area contributed by atoms with Gasteiger partial charge in [0.05, 0.1) is 5.52 Å². The van der Waals surface area contributed by atoms with Crippen molar-refractivity contribution in [2.24, 2.45) is 0 Å². The summed E-state index contributed by atoms with van der Waals surface area (Å²) in [4.78, 5) is 4.68. The van der Waals surface area contributed by atoms with Gasteiger partial charge in [-0.2, -0.15) is 5.21 Å². The number of ether oxygens (including phenoxy) is 2.